The molecule has 0 saturated carbocycles. The second kappa shape index (κ2) is 5.58. The normalized spacial score (nSPS) is 10.1. The van der Waals surface area contributed by atoms with Crippen molar-refractivity contribution in [1.29, 1.82) is 0 Å². The third-order valence-electron chi connectivity index (χ3n) is 2.55. The van der Waals surface area contributed by atoms with Gasteiger partial charge in [-0.05, 0) is 24.3 Å². The highest BCUT2D eigenvalue weighted by Gasteiger charge is 2.10. The van der Waals surface area contributed by atoms with E-state index in [-0.39, 0.29) is 16.3 Å². The number of halogens is 1. The molecule has 2 N–H and O–H groups in total. The zero-order valence-corrected chi connectivity index (χ0v) is 10.8. The Kier molecular flexibility index (Phi) is 3.86. The van der Waals surface area contributed by atoms with Gasteiger partial charge in [-0.2, -0.15) is 0 Å². The average molecular weight is 293 g/mol. The molecule has 0 radical (unpaired) electrons. The van der Waals surface area contributed by atoms with Gasteiger partial charge in [0.05, 0.1) is 21.2 Å². The minimum absolute atomic E-state index is 0.111. The van der Waals surface area contributed by atoms with Gasteiger partial charge >= 0.3 is 5.97 Å². The van der Waals surface area contributed by atoms with E-state index >= 15 is 0 Å². The first kappa shape index (κ1) is 13.8. The quantitative estimate of drug-likeness (QED) is 0.662. The van der Waals surface area contributed by atoms with Gasteiger partial charge in [0.1, 0.15) is 0 Å². The zero-order valence-electron chi connectivity index (χ0n) is 10.0. The molecular formula is C13H9ClN2O4. The number of nitro benzene ring substituents is 1. The van der Waals surface area contributed by atoms with E-state index in [0.29, 0.717) is 11.4 Å². The number of nitrogens with zero attached hydrogens (tertiary/aromatic N) is 1. The standard InChI is InChI=1S/C13H9ClN2O4/c14-11-7-10(16(19)20)4-5-12(11)15-9-3-1-2-8(6-9)13(17)18/h1-7,15H,(H,17,18). The van der Waals surface area contributed by atoms with Crippen LogP contribution in [0.1, 0.15) is 10.4 Å². The van der Waals surface area contributed by atoms with Gasteiger partial charge < -0.3 is 10.4 Å². The van der Waals surface area contributed by atoms with Crippen molar-refractivity contribution in [2.45, 2.75) is 0 Å². The predicted molar refractivity (Wildman–Crippen MR) is 74.8 cm³/mol. The Labute approximate surface area is 118 Å². The zero-order chi connectivity index (χ0) is 14.7. The molecule has 0 aliphatic heterocycles. The molecule has 0 spiro atoms. The van der Waals surface area contributed by atoms with Crippen molar-refractivity contribution in [2.75, 3.05) is 5.32 Å². The fraction of sp³-hybridized carbons (Fsp3) is 0. The number of benzene rings is 2. The van der Waals surface area contributed by atoms with E-state index in [0.717, 1.165) is 0 Å². The Morgan fingerprint density at radius 1 is 1.25 bits per heavy atom. The van der Waals surface area contributed by atoms with Crippen LogP contribution in [0.15, 0.2) is 42.5 Å². The number of nitrogens with one attached hydrogen (secondary N) is 1. The molecule has 0 heterocycles. The second-order valence-corrected chi connectivity index (χ2v) is 4.34. The summed E-state index contributed by atoms with van der Waals surface area (Å²) in [6.07, 6.45) is 0. The largest absolute Gasteiger partial charge is 0.478 e. The lowest BCUT2D eigenvalue weighted by Gasteiger charge is -2.08. The molecule has 0 bridgehead atoms. The molecular weight excluding hydrogens is 284 g/mol. The molecule has 0 fully saturated rings. The fourth-order valence-electron chi connectivity index (χ4n) is 1.60. The lowest BCUT2D eigenvalue weighted by molar-refractivity contribution is -0.384. The van der Waals surface area contributed by atoms with Gasteiger partial charge in [0.25, 0.3) is 5.69 Å². The predicted octanol–water partition coefficient (Wildman–Crippen LogP) is 3.69. The van der Waals surface area contributed by atoms with Crippen LogP contribution in [0.25, 0.3) is 0 Å². The number of hydrogen-bond acceptors (Lipinski definition) is 4. The number of nitro groups is 1. The van der Waals surface area contributed by atoms with Crippen molar-refractivity contribution in [3.8, 4) is 0 Å². The molecule has 20 heavy (non-hydrogen) atoms. The van der Waals surface area contributed by atoms with Gasteiger partial charge in [0.2, 0.25) is 0 Å². The number of carboxylic acid groups (broad SMARTS) is 1. The summed E-state index contributed by atoms with van der Waals surface area (Å²) in [5, 5.41) is 22.6. The summed E-state index contributed by atoms with van der Waals surface area (Å²) in [6.45, 7) is 0. The summed E-state index contributed by atoms with van der Waals surface area (Å²) in [6, 6.07) is 10.2. The maximum Gasteiger partial charge on any atom is 0.335 e. The number of anilines is 2. The van der Waals surface area contributed by atoms with Crippen LogP contribution < -0.4 is 5.32 Å². The number of aromatic carboxylic acids is 1. The Morgan fingerprint density at radius 2 is 2.00 bits per heavy atom. The van der Waals surface area contributed by atoms with Crippen molar-refractivity contribution in [3.05, 3.63) is 63.2 Å². The van der Waals surface area contributed by atoms with Gasteiger partial charge in [-0.3, -0.25) is 10.1 Å². The highest BCUT2D eigenvalue weighted by Crippen LogP contribution is 2.29. The van der Waals surface area contributed by atoms with Crippen LogP contribution in [0, 0.1) is 10.1 Å². The molecule has 102 valence electrons. The highest BCUT2D eigenvalue weighted by molar-refractivity contribution is 6.33. The SMILES string of the molecule is O=C(O)c1cccc(Nc2ccc([N+](=O)[O-])cc2Cl)c1. The smallest absolute Gasteiger partial charge is 0.335 e. The maximum atomic E-state index is 10.9. The molecule has 2 aromatic rings. The van der Waals surface area contributed by atoms with Crippen LogP contribution in [-0.2, 0) is 0 Å². The Hall–Kier alpha value is -2.60. The molecule has 0 atom stereocenters. The molecule has 2 aromatic carbocycles. The lowest BCUT2D eigenvalue weighted by atomic mass is 10.2. The van der Waals surface area contributed by atoms with E-state index < -0.39 is 10.9 Å². The van der Waals surface area contributed by atoms with E-state index in [2.05, 4.69) is 5.32 Å². The molecule has 0 aliphatic carbocycles. The van der Waals surface area contributed by atoms with Crippen LogP contribution in [0.5, 0.6) is 0 Å². The molecule has 2 rings (SSSR count). The molecule has 0 amide bonds. The monoisotopic (exact) mass is 292 g/mol. The summed E-state index contributed by atoms with van der Waals surface area (Å²) in [4.78, 5) is 20.9. The summed E-state index contributed by atoms with van der Waals surface area (Å²) < 4.78 is 0. The molecule has 6 nitrogen and oxygen atoms in total. The van der Waals surface area contributed by atoms with E-state index in [9.17, 15) is 14.9 Å². The average Bonchev–Trinajstić information content (AvgIpc) is 2.41. The van der Waals surface area contributed by atoms with Crippen molar-refractivity contribution in [1.82, 2.24) is 0 Å². The second-order valence-electron chi connectivity index (χ2n) is 3.93. The highest BCUT2D eigenvalue weighted by atomic mass is 35.5. The van der Waals surface area contributed by atoms with Gasteiger partial charge in [0, 0.05) is 17.8 Å². The third-order valence-corrected chi connectivity index (χ3v) is 2.86. The Morgan fingerprint density at radius 3 is 2.60 bits per heavy atom. The minimum atomic E-state index is -1.04. The van der Waals surface area contributed by atoms with E-state index in [4.69, 9.17) is 16.7 Å². The van der Waals surface area contributed by atoms with Crippen LogP contribution in [0.4, 0.5) is 17.1 Å². The third kappa shape index (κ3) is 3.04. The molecule has 0 aliphatic rings. The lowest BCUT2D eigenvalue weighted by Crippen LogP contribution is -1.98. The summed E-state index contributed by atoms with van der Waals surface area (Å²) in [7, 11) is 0. The Bertz CT molecular complexity index is 688. The van der Waals surface area contributed by atoms with Crippen LogP contribution in [0.2, 0.25) is 5.02 Å². The first-order valence-electron chi connectivity index (χ1n) is 5.51. The topological polar surface area (TPSA) is 92.5 Å². The van der Waals surface area contributed by atoms with Crippen LogP contribution >= 0.6 is 11.6 Å². The first-order valence-corrected chi connectivity index (χ1v) is 5.89. The number of hydrogen-bond donors (Lipinski definition) is 2. The van der Waals surface area contributed by atoms with Crippen molar-refractivity contribution < 1.29 is 14.8 Å². The Balaban J connectivity index is 2.28. The molecule has 0 aromatic heterocycles. The summed E-state index contributed by atoms with van der Waals surface area (Å²) in [5.74, 6) is -1.04. The number of non-ortho nitro benzene ring substituents is 1. The van der Waals surface area contributed by atoms with Gasteiger partial charge in [0.15, 0.2) is 0 Å². The first-order chi connectivity index (χ1) is 9.47. The van der Waals surface area contributed by atoms with Crippen LogP contribution in [-0.4, -0.2) is 16.0 Å². The van der Waals surface area contributed by atoms with Crippen molar-refractivity contribution in [3.63, 3.8) is 0 Å². The number of carboxylic acids is 1. The van der Waals surface area contributed by atoms with E-state index in [1.165, 1.54) is 30.3 Å². The van der Waals surface area contributed by atoms with Gasteiger partial charge in [-0.1, -0.05) is 17.7 Å². The van der Waals surface area contributed by atoms with E-state index in [1.807, 2.05) is 0 Å². The van der Waals surface area contributed by atoms with E-state index in [1.54, 1.807) is 12.1 Å². The fourth-order valence-corrected chi connectivity index (χ4v) is 1.83. The molecule has 0 unspecified atom stereocenters. The van der Waals surface area contributed by atoms with Gasteiger partial charge in [-0.15, -0.1) is 0 Å². The maximum absolute atomic E-state index is 10.9. The van der Waals surface area contributed by atoms with Crippen molar-refractivity contribution in [2.24, 2.45) is 0 Å². The van der Waals surface area contributed by atoms with Crippen molar-refractivity contribution >= 4 is 34.6 Å². The number of rotatable bonds is 4. The summed E-state index contributed by atoms with van der Waals surface area (Å²) in [5.41, 5.74) is 1.01. The molecule has 7 heteroatoms. The summed E-state index contributed by atoms with van der Waals surface area (Å²) >= 11 is 5.94. The van der Waals surface area contributed by atoms with Crippen LogP contribution in [0.3, 0.4) is 0 Å². The number of carbonyl (C=O) groups is 1. The van der Waals surface area contributed by atoms with Gasteiger partial charge in [-0.25, -0.2) is 4.79 Å². The minimum Gasteiger partial charge on any atom is -0.478 e. The molecule has 0 saturated heterocycles.